The molecule has 3 N–H and O–H groups in total. The van der Waals surface area contributed by atoms with Gasteiger partial charge in [0.25, 0.3) is 0 Å². The van der Waals surface area contributed by atoms with E-state index in [0.717, 1.165) is 36.5 Å². The Morgan fingerprint density at radius 3 is 2.62 bits per heavy atom. The predicted molar refractivity (Wildman–Crippen MR) is 90.3 cm³/mol. The van der Waals surface area contributed by atoms with E-state index in [4.69, 9.17) is 5.73 Å². The highest BCUT2D eigenvalue weighted by atomic mass is 35.5. The summed E-state index contributed by atoms with van der Waals surface area (Å²) in [6.07, 6.45) is 4.36. The van der Waals surface area contributed by atoms with E-state index in [2.05, 4.69) is 5.32 Å². The minimum atomic E-state index is 0. The lowest BCUT2D eigenvalue weighted by Crippen LogP contribution is -2.51. The minimum absolute atomic E-state index is 0. The van der Waals surface area contributed by atoms with E-state index in [9.17, 15) is 4.79 Å². The van der Waals surface area contributed by atoms with Gasteiger partial charge >= 0.3 is 6.03 Å². The first-order chi connectivity index (χ1) is 9.67. The second kappa shape index (κ2) is 6.90. The Kier molecular flexibility index (Phi) is 5.41. The topological polar surface area (TPSA) is 58.4 Å². The normalized spacial score (nSPS) is 27.1. The molecule has 1 saturated carbocycles. The molecule has 1 aromatic carbocycles. The van der Waals surface area contributed by atoms with Gasteiger partial charge in [-0.05, 0) is 49.1 Å². The van der Waals surface area contributed by atoms with Crippen molar-refractivity contribution in [3.05, 3.63) is 24.3 Å². The average Bonchev–Trinajstić information content (AvgIpc) is 2.68. The SMILES string of the molecule is CSc1cccc(NC(=O)N2C[C@H]3CC[C@@H](C2)C3N)c1.Cl. The molecule has 1 aromatic rings. The molecule has 2 amide bonds. The van der Waals surface area contributed by atoms with Crippen LogP contribution in [0.25, 0.3) is 0 Å². The predicted octanol–water partition coefficient (Wildman–Crippen LogP) is 3.03. The Morgan fingerprint density at radius 2 is 2.00 bits per heavy atom. The van der Waals surface area contributed by atoms with E-state index in [1.807, 2.05) is 35.4 Å². The van der Waals surface area contributed by atoms with Gasteiger partial charge in [-0.25, -0.2) is 4.79 Å². The Balaban J connectivity index is 0.00000161. The number of fused-ring (bicyclic) bond motifs is 2. The zero-order chi connectivity index (χ0) is 14.1. The van der Waals surface area contributed by atoms with E-state index < -0.39 is 0 Å². The summed E-state index contributed by atoms with van der Waals surface area (Å²) in [6, 6.07) is 8.25. The number of anilines is 1. The van der Waals surface area contributed by atoms with Crippen LogP contribution in [0.15, 0.2) is 29.2 Å². The molecule has 2 bridgehead atoms. The Morgan fingerprint density at radius 1 is 1.33 bits per heavy atom. The van der Waals surface area contributed by atoms with Gasteiger partial charge in [-0.1, -0.05) is 6.07 Å². The smallest absolute Gasteiger partial charge is 0.321 e. The maximum Gasteiger partial charge on any atom is 0.321 e. The Labute approximate surface area is 136 Å². The number of thioether (sulfide) groups is 1. The van der Waals surface area contributed by atoms with Gasteiger partial charge in [0.2, 0.25) is 0 Å². The summed E-state index contributed by atoms with van der Waals surface area (Å²) >= 11 is 1.68. The van der Waals surface area contributed by atoms with E-state index >= 15 is 0 Å². The molecule has 1 aliphatic carbocycles. The minimum Gasteiger partial charge on any atom is -0.327 e. The number of benzene rings is 1. The van der Waals surface area contributed by atoms with Crippen LogP contribution in [0.5, 0.6) is 0 Å². The van der Waals surface area contributed by atoms with Crippen molar-refractivity contribution in [1.82, 2.24) is 4.90 Å². The van der Waals surface area contributed by atoms with Crippen LogP contribution in [0.1, 0.15) is 12.8 Å². The molecule has 4 nitrogen and oxygen atoms in total. The van der Waals surface area contributed by atoms with Gasteiger partial charge in [0.05, 0.1) is 0 Å². The number of nitrogens with two attached hydrogens (primary N) is 1. The zero-order valence-corrected chi connectivity index (χ0v) is 13.8. The highest BCUT2D eigenvalue weighted by molar-refractivity contribution is 7.98. The van der Waals surface area contributed by atoms with Gasteiger partial charge in [-0.3, -0.25) is 0 Å². The molecule has 21 heavy (non-hydrogen) atoms. The van der Waals surface area contributed by atoms with Crippen molar-refractivity contribution in [2.45, 2.75) is 23.8 Å². The van der Waals surface area contributed by atoms with Crippen molar-refractivity contribution in [2.75, 3.05) is 24.7 Å². The van der Waals surface area contributed by atoms with Gasteiger partial charge in [0.1, 0.15) is 0 Å². The van der Waals surface area contributed by atoms with Crippen LogP contribution < -0.4 is 11.1 Å². The van der Waals surface area contributed by atoms with Crippen LogP contribution >= 0.6 is 24.2 Å². The summed E-state index contributed by atoms with van der Waals surface area (Å²) in [5.41, 5.74) is 7.04. The highest BCUT2D eigenvalue weighted by Crippen LogP contribution is 2.35. The van der Waals surface area contributed by atoms with Crippen LogP contribution in [0.3, 0.4) is 0 Å². The van der Waals surface area contributed by atoms with Crippen molar-refractivity contribution < 1.29 is 4.79 Å². The molecular weight excluding hydrogens is 306 g/mol. The van der Waals surface area contributed by atoms with Crippen molar-refractivity contribution in [2.24, 2.45) is 17.6 Å². The quantitative estimate of drug-likeness (QED) is 0.821. The number of carbonyl (C=O) groups excluding carboxylic acids is 1. The maximum absolute atomic E-state index is 12.4. The fourth-order valence-electron chi connectivity index (χ4n) is 3.33. The first-order valence-corrected chi connectivity index (χ1v) is 8.35. The standard InChI is InChI=1S/C15H21N3OS.ClH/c1-20-13-4-2-3-12(7-13)17-15(19)18-8-10-5-6-11(9-18)14(10)16;/h2-4,7,10-11,14H,5-6,8-9,16H2,1H3,(H,17,19);1H/t10-,11+,14?;. The molecule has 3 rings (SSSR count). The summed E-state index contributed by atoms with van der Waals surface area (Å²) in [6.45, 7) is 1.59. The third-order valence-corrected chi connectivity index (χ3v) is 5.24. The molecular formula is C15H22ClN3OS. The number of likely N-dealkylation sites (tertiary alicyclic amines) is 1. The van der Waals surface area contributed by atoms with Crippen LogP contribution in [-0.4, -0.2) is 36.3 Å². The van der Waals surface area contributed by atoms with Crippen LogP contribution in [0.2, 0.25) is 0 Å². The van der Waals surface area contributed by atoms with E-state index in [0.29, 0.717) is 17.9 Å². The maximum atomic E-state index is 12.4. The Hall–Kier alpha value is -0.910. The number of halogens is 1. The van der Waals surface area contributed by atoms with E-state index in [-0.39, 0.29) is 18.4 Å². The first-order valence-electron chi connectivity index (χ1n) is 7.13. The number of piperidine rings is 1. The summed E-state index contributed by atoms with van der Waals surface area (Å²) < 4.78 is 0. The third-order valence-electron chi connectivity index (χ3n) is 4.51. The van der Waals surface area contributed by atoms with Crippen molar-refractivity contribution in [3.63, 3.8) is 0 Å². The fraction of sp³-hybridized carbons (Fsp3) is 0.533. The summed E-state index contributed by atoms with van der Waals surface area (Å²) in [5, 5.41) is 3.00. The molecule has 1 aliphatic heterocycles. The second-order valence-electron chi connectivity index (χ2n) is 5.74. The zero-order valence-electron chi connectivity index (χ0n) is 12.1. The molecule has 116 valence electrons. The lowest BCUT2D eigenvalue weighted by Gasteiger charge is -2.36. The van der Waals surface area contributed by atoms with Crippen LogP contribution in [0, 0.1) is 11.8 Å². The molecule has 0 aromatic heterocycles. The number of amides is 2. The fourth-order valence-corrected chi connectivity index (χ4v) is 3.79. The molecule has 1 unspecified atom stereocenters. The summed E-state index contributed by atoms with van der Waals surface area (Å²) in [4.78, 5) is 15.4. The first kappa shape index (κ1) is 16.5. The molecule has 3 atom stereocenters. The third kappa shape index (κ3) is 3.47. The van der Waals surface area contributed by atoms with E-state index in [1.54, 1.807) is 11.8 Å². The number of rotatable bonds is 2. The number of urea groups is 1. The monoisotopic (exact) mass is 327 g/mol. The summed E-state index contributed by atoms with van der Waals surface area (Å²) in [5.74, 6) is 0.967. The van der Waals surface area contributed by atoms with Crippen molar-refractivity contribution in [3.8, 4) is 0 Å². The highest BCUT2D eigenvalue weighted by Gasteiger charge is 2.41. The summed E-state index contributed by atoms with van der Waals surface area (Å²) in [7, 11) is 0. The average molecular weight is 328 g/mol. The number of carbonyl (C=O) groups is 1. The van der Waals surface area contributed by atoms with Crippen molar-refractivity contribution in [1.29, 1.82) is 0 Å². The molecule has 2 fully saturated rings. The molecule has 1 heterocycles. The number of nitrogens with zero attached hydrogens (tertiary/aromatic N) is 1. The molecule has 1 saturated heterocycles. The van der Waals surface area contributed by atoms with E-state index in [1.165, 1.54) is 0 Å². The lowest BCUT2D eigenvalue weighted by molar-refractivity contribution is 0.161. The van der Waals surface area contributed by atoms with Gasteiger partial charge in [0, 0.05) is 29.7 Å². The van der Waals surface area contributed by atoms with Crippen LogP contribution in [-0.2, 0) is 0 Å². The molecule has 0 spiro atoms. The Bertz CT molecular complexity index is 499. The number of hydrogen-bond acceptors (Lipinski definition) is 3. The largest absolute Gasteiger partial charge is 0.327 e. The van der Waals surface area contributed by atoms with Crippen molar-refractivity contribution >= 4 is 35.9 Å². The number of nitrogens with one attached hydrogen (secondary N) is 1. The van der Waals surface area contributed by atoms with Crippen LogP contribution in [0.4, 0.5) is 10.5 Å². The molecule has 6 heteroatoms. The number of hydrogen-bond donors (Lipinski definition) is 2. The van der Waals surface area contributed by atoms with Gasteiger partial charge < -0.3 is 16.0 Å². The lowest BCUT2D eigenvalue weighted by atomic mass is 9.93. The molecule has 0 radical (unpaired) electrons. The van der Waals surface area contributed by atoms with Gasteiger partial charge in [-0.2, -0.15) is 0 Å². The van der Waals surface area contributed by atoms with Gasteiger partial charge in [0.15, 0.2) is 0 Å². The van der Waals surface area contributed by atoms with Gasteiger partial charge in [-0.15, -0.1) is 24.2 Å². The molecule has 2 aliphatic rings. The second-order valence-corrected chi connectivity index (χ2v) is 6.62.